The third-order valence-electron chi connectivity index (χ3n) is 5.97. The lowest BCUT2D eigenvalue weighted by atomic mass is 9.84. The van der Waals surface area contributed by atoms with Crippen LogP contribution in [0.25, 0.3) is 11.0 Å². The molecule has 1 N–H and O–H groups in total. The second-order valence-electron chi connectivity index (χ2n) is 7.64. The smallest absolute Gasteiger partial charge is 0.291 e. The summed E-state index contributed by atoms with van der Waals surface area (Å²) in [5.74, 6) is -2.00. The molecular formula is C23H19FN2O5. The summed E-state index contributed by atoms with van der Waals surface area (Å²) in [7, 11) is 0. The van der Waals surface area contributed by atoms with Crippen LogP contribution >= 0.6 is 0 Å². The van der Waals surface area contributed by atoms with Crippen LogP contribution in [0.2, 0.25) is 0 Å². The van der Waals surface area contributed by atoms with Crippen molar-refractivity contribution in [3.8, 4) is 0 Å². The van der Waals surface area contributed by atoms with Gasteiger partial charge in [-0.15, -0.1) is 0 Å². The predicted molar refractivity (Wildman–Crippen MR) is 110 cm³/mol. The Morgan fingerprint density at radius 1 is 1.10 bits per heavy atom. The quantitative estimate of drug-likeness (QED) is 0.697. The topological polar surface area (TPSA) is 91.1 Å². The van der Waals surface area contributed by atoms with E-state index < -0.39 is 35.2 Å². The highest BCUT2D eigenvalue weighted by Gasteiger charge is 2.64. The van der Waals surface area contributed by atoms with Crippen molar-refractivity contribution in [1.82, 2.24) is 4.90 Å². The Balaban J connectivity index is 1.93. The van der Waals surface area contributed by atoms with Gasteiger partial charge < -0.3 is 19.3 Å². The summed E-state index contributed by atoms with van der Waals surface area (Å²) in [6.07, 6.45) is 0.661. The van der Waals surface area contributed by atoms with Gasteiger partial charge in [0.1, 0.15) is 11.4 Å². The van der Waals surface area contributed by atoms with E-state index in [-0.39, 0.29) is 28.8 Å². The number of rotatable bonds is 4. The predicted octanol–water partition coefficient (Wildman–Crippen LogP) is 2.38. The molecule has 5 rings (SSSR count). The Kier molecular flexibility index (Phi) is 4.23. The molecule has 0 fully saturated rings. The van der Waals surface area contributed by atoms with Crippen molar-refractivity contribution >= 4 is 28.5 Å². The summed E-state index contributed by atoms with van der Waals surface area (Å²) < 4.78 is 19.7. The maximum atomic E-state index is 13.9. The highest BCUT2D eigenvalue weighted by Crippen LogP contribution is 2.52. The summed E-state index contributed by atoms with van der Waals surface area (Å²) in [6.45, 7) is 1.73. The van der Waals surface area contributed by atoms with E-state index >= 15 is 0 Å². The molecule has 0 radical (unpaired) electrons. The SMILES string of the molecule is CCCN1C(=O)C2(c3ccccc31)c1c(oc3ccc(F)cc3c1=O)C(=O)N2CCO. The van der Waals surface area contributed by atoms with Gasteiger partial charge in [-0.25, -0.2) is 4.39 Å². The number of para-hydroxylation sites is 1. The fourth-order valence-electron chi connectivity index (χ4n) is 4.81. The third kappa shape index (κ3) is 2.33. The second kappa shape index (κ2) is 6.75. The van der Waals surface area contributed by atoms with Crippen LogP contribution in [-0.2, 0) is 10.3 Å². The standard InChI is InChI=1S/C23H19FN2O5/c1-2-9-25-16-6-4-3-5-15(16)23(22(25)30)18-19(28)14-12-13(24)7-8-17(14)31-20(18)21(29)26(23)10-11-27/h3-8,12,27H,2,9-11H2,1H3. The van der Waals surface area contributed by atoms with Crippen LogP contribution in [0.3, 0.4) is 0 Å². The van der Waals surface area contributed by atoms with Crippen molar-refractivity contribution < 1.29 is 23.5 Å². The molecule has 2 aliphatic heterocycles. The molecule has 3 heterocycles. The van der Waals surface area contributed by atoms with E-state index in [4.69, 9.17) is 4.42 Å². The Morgan fingerprint density at radius 2 is 1.87 bits per heavy atom. The van der Waals surface area contributed by atoms with Crippen molar-refractivity contribution in [2.24, 2.45) is 0 Å². The van der Waals surface area contributed by atoms with E-state index in [1.165, 1.54) is 11.0 Å². The maximum absolute atomic E-state index is 13.9. The molecule has 0 saturated heterocycles. The minimum atomic E-state index is -1.76. The molecule has 3 aromatic rings. The Labute approximate surface area is 176 Å². The first kappa shape index (κ1) is 19.4. The monoisotopic (exact) mass is 422 g/mol. The molecule has 158 valence electrons. The molecule has 1 aromatic heterocycles. The summed E-state index contributed by atoms with van der Waals surface area (Å²) >= 11 is 0. The largest absolute Gasteiger partial charge is 0.450 e. The van der Waals surface area contributed by atoms with Crippen LogP contribution in [0.15, 0.2) is 51.7 Å². The maximum Gasteiger partial charge on any atom is 0.291 e. The molecule has 8 heteroatoms. The van der Waals surface area contributed by atoms with Crippen LogP contribution in [0.4, 0.5) is 10.1 Å². The third-order valence-corrected chi connectivity index (χ3v) is 5.97. The second-order valence-corrected chi connectivity index (χ2v) is 7.64. The number of carbonyl (C=O) groups is 2. The number of aliphatic hydroxyl groups excluding tert-OH is 1. The minimum Gasteiger partial charge on any atom is -0.450 e. The summed E-state index contributed by atoms with van der Waals surface area (Å²) in [5.41, 5.74) is -1.40. The van der Waals surface area contributed by atoms with E-state index in [0.717, 1.165) is 12.1 Å². The number of aliphatic hydroxyl groups is 1. The number of nitrogens with zero attached hydrogens (tertiary/aromatic N) is 2. The Bertz CT molecular complexity index is 1320. The number of halogens is 1. The van der Waals surface area contributed by atoms with Gasteiger partial charge >= 0.3 is 0 Å². The molecule has 1 unspecified atom stereocenters. The molecule has 1 spiro atoms. The lowest BCUT2D eigenvalue weighted by Gasteiger charge is -2.33. The number of hydrogen-bond acceptors (Lipinski definition) is 5. The Morgan fingerprint density at radius 3 is 2.61 bits per heavy atom. The normalized spacial score (nSPS) is 19.6. The summed E-state index contributed by atoms with van der Waals surface area (Å²) in [6, 6.07) is 10.4. The van der Waals surface area contributed by atoms with Gasteiger partial charge in [-0.1, -0.05) is 25.1 Å². The van der Waals surface area contributed by atoms with Crippen LogP contribution in [0.1, 0.15) is 35.0 Å². The molecule has 0 bridgehead atoms. The number of benzene rings is 2. The summed E-state index contributed by atoms with van der Waals surface area (Å²) in [4.78, 5) is 43.7. The van der Waals surface area contributed by atoms with Gasteiger partial charge in [-0.3, -0.25) is 14.4 Å². The van der Waals surface area contributed by atoms with Crippen LogP contribution in [0, 0.1) is 5.82 Å². The lowest BCUT2D eigenvalue weighted by Crippen LogP contribution is -2.54. The zero-order chi connectivity index (χ0) is 21.9. The number of β-amino-alcohol motifs (C(OH)–C–C–N with tert-alkyl or cyclic N) is 1. The van der Waals surface area contributed by atoms with Crippen molar-refractivity contribution in [3.63, 3.8) is 0 Å². The number of carbonyl (C=O) groups excluding carboxylic acids is 2. The van der Waals surface area contributed by atoms with Crippen molar-refractivity contribution in [3.05, 3.63) is 75.4 Å². The van der Waals surface area contributed by atoms with Crippen LogP contribution in [0.5, 0.6) is 0 Å². The van der Waals surface area contributed by atoms with E-state index in [1.54, 1.807) is 29.2 Å². The number of hydrogen-bond donors (Lipinski definition) is 1. The molecule has 0 saturated carbocycles. The molecule has 7 nitrogen and oxygen atoms in total. The number of anilines is 1. The summed E-state index contributed by atoms with van der Waals surface area (Å²) in [5, 5.41) is 9.64. The fourth-order valence-corrected chi connectivity index (χ4v) is 4.81. The molecule has 2 aromatic carbocycles. The van der Waals surface area contributed by atoms with Crippen molar-refractivity contribution in [1.29, 1.82) is 0 Å². The first-order chi connectivity index (χ1) is 15.0. The van der Waals surface area contributed by atoms with E-state index in [1.807, 2.05) is 6.92 Å². The first-order valence-electron chi connectivity index (χ1n) is 10.1. The number of amides is 2. The zero-order valence-electron chi connectivity index (χ0n) is 16.7. The molecule has 0 aliphatic carbocycles. The number of fused-ring (bicyclic) bond motifs is 5. The van der Waals surface area contributed by atoms with Gasteiger partial charge in [0.25, 0.3) is 11.8 Å². The molecule has 1 atom stereocenters. The van der Waals surface area contributed by atoms with E-state index in [2.05, 4.69) is 0 Å². The van der Waals surface area contributed by atoms with E-state index in [0.29, 0.717) is 24.2 Å². The van der Waals surface area contributed by atoms with Gasteiger partial charge in [-0.2, -0.15) is 0 Å². The van der Waals surface area contributed by atoms with E-state index in [9.17, 15) is 23.9 Å². The van der Waals surface area contributed by atoms with Gasteiger partial charge in [0.2, 0.25) is 5.76 Å². The lowest BCUT2D eigenvalue weighted by molar-refractivity contribution is -0.126. The van der Waals surface area contributed by atoms with Gasteiger partial charge in [0.05, 0.1) is 23.2 Å². The average Bonchev–Trinajstić information content (AvgIpc) is 3.15. The first-order valence-corrected chi connectivity index (χ1v) is 10.1. The molecule has 2 aliphatic rings. The van der Waals surface area contributed by atoms with Crippen molar-refractivity contribution in [2.75, 3.05) is 24.6 Å². The van der Waals surface area contributed by atoms with Gasteiger partial charge in [-0.05, 0) is 30.7 Å². The highest BCUT2D eigenvalue weighted by molar-refractivity contribution is 6.17. The zero-order valence-corrected chi connectivity index (χ0v) is 16.7. The molecule has 2 amide bonds. The highest BCUT2D eigenvalue weighted by atomic mass is 19.1. The van der Waals surface area contributed by atoms with Crippen molar-refractivity contribution in [2.45, 2.75) is 18.9 Å². The molecular weight excluding hydrogens is 403 g/mol. The minimum absolute atomic E-state index is 0.0454. The van der Waals surface area contributed by atoms with Crippen LogP contribution in [-0.4, -0.2) is 41.5 Å². The molecule has 31 heavy (non-hydrogen) atoms. The van der Waals surface area contributed by atoms with Gasteiger partial charge in [0, 0.05) is 18.7 Å². The Hall–Kier alpha value is -3.52. The fraction of sp³-hybridized carbons (Fsp3) is 0.261. The van der Waals surface area contributed by atoms with Gasteiger partial charge in [0.15, 0.2) is 11.0 Å². The van der Waals surface area contributed by atoms with Crippen LogP contribution < -0.4 is 10.3 Å². The average molecular weight is 422 g/mol.